The number of hydrogen-bond donors (Lipinski definition) is 1. The zero-order valence-corrected chi connectivity index (χ0v) is 16.0. The van der Waals surface area contributed by atoms with Crippen molar-refractivity contribution in [2.45, 2.75) is 45.4 Å². The maximum Gasteiger partial charge on any atom is 0.230 e. The van der Waals surface area contributed by atoms with Gasteiger partial charge in [0.25, 0.3) is 0 Å². The third-order valence-electron chi connectivity index (χ3n) is 3.86. The van der Waals surface area contributed by atoms with Gasteiger partial charge in [0.2, 0.25) is 5.91 Å². The Hall–Kier alpha value is -1.53. The van der Waals surface area contributed by atoms with Gasteiger partial charge >= 0.3 is 0 Å². The van der Waals surface area contributed by atoms with Crippen LogP contribution in [0.1, 0.15) is 27.7 Å². The van der Waals surface area contributed by atoms with Gasteiger partial charge in [-0.2, -0.15) is 0 Å². The number of carbonyl (C=O) groups is 1. The number of rotatable bonds is 7. The van der Waals surface area contributed by atoms with E-state index in [1.54, 1.807) is 0 Å². The summed E-state index contributed by atoms with van der Waals surface area (Å²) in [5.74, 6) is 1.54. The molecular weight excluding hydrogens is 344 g/mol. The molecule has 24 heavy (non-hydrogen) atoms. The highest BCUT2D eigenvalue weighted by Crippen LogP contribution is 2.25. The number of aromatic nitrogens is 3. The Balaban J connectivity index is 2.06. The van der Waals surface area contributed by atoms with Gasteiger partial charge in [-0.3, -0.25) is 4.79 Å². The molecule has 2 rings (SSSR count). The Kier molecular flexibility index (Phi) is 6.69. The highest BCUT2D eigenvalue weighted by atomic mass is 35.5. The smallest absolute Gasteiger partial charge is 0.230 e. The van der Waals surface area contributed by atoms with E-state index in [0.717, 1.165) is 23.1 Å². The van der Waals surface area contributed by atoms with Crippen molar-refractivity contribution in [2.75, 3.05) is 5.75 Å². The molecule has 0 radical (unpaired) electrons. The van der Waals surface area contributed by atoms with Crippen LogP contribution in [0.3, 0.4) is 0 Å². The summed E-state index contributed by atoms with van der Waals surface area (Å²) in [5, 5.41) is 12.9. The van der Waals surface area contributed by atoms with Crippen molar-refractivity contribution in [3.63, 3.8) is 0 Å². The highest BCUT2D eigenvalue weighted by molar-refractivity contribution is 7.99. The van der Waals surface area contributed by atoms with E-state index in [2.05, 4.69) is 29.4 Å². The SMILES string of the molecule is CCn1c(SCC(=O)N[C@H](C)C(C)C)nnc1-c1ccc(Cl)cc1. The van der Waals surface area contributed by atoms with E-state index >= 15 is 0 Å². The minimum Gasteiger partial charge on any atom is -0.353 e. The van der Waals surface area contributed by atoms with E-state index in [1.165, 1.54) is 11.8 Å². The van der Waals surface area contributed by atoms with Gasteiger partial charge in [-0.1, -0.05) is 37.2 Å². The number of amides is 1. The maximum absolute atomic E-state index is 12.0. The third kappa shape index (κ3) is 4.74. The van der Waals surface area contributed by atoms with Crippen LogP contribution in [0.2, 0.25) is 5.02 Å². The molecule has 1 heterocycles. The molecule has 5 nitrogen and oxygen atoms in total. The fraction of sp³-hybridized carbons (Fsp3) is 0.471. The molecule has 0 unspecified atom stereocenters. The summed E-state index contributed by atoms with van der Waals surface area (Å²) in [4.78, 5) is 12.0. The van der Waals surface area contributed by atoms with Gasteiger partial charge in [-0.05, 0) is 44.0 Å². The molecule has 1 atom stereocenters. The van der Waals surface area contributed by atoms with Gasteiger partial charge in [0, 0.05) is 23.2 Å². The van der Waals surface area contributed by atoms with Crippen LogP contribution in [0.5, 0.6) is 0 Å². The maximum atomic E-state index is 12.0. The third-order valence-corrected chi connectivity index (χ3v) is 5.08. The fourth-order valence-electron chi connectivity index (χ4n) is 2.09. The number of nitrogens with one attached hydrogen (secondary N) is 1. The lowest BCUT2D eigenvalue weighted by Gasteiger charge is -2.17. The molecular formula is C17H23ClN4OS. The molecule has 1 amide bonds. The molecule has 0 bridgehead atoms. The van der Waals surface area contributed by atoms with Crippen LogP contribution in [0, 0.1) is 5.92 Å². The molecule has 0 fully saturated rings. The second-order valence-corrected chi connectivity index (χ2v) is 7.33. The van der Waals surface area contributed by atoms with Gasteiger partial charge < -0.3 is 9.88 Å². The van der Waals surface area contributed by atoms with E-state index in [4.69, 9.17) is 11.6 Å². The Morgan fingerprint density at radius 3 is 2.50 bits per heavy atom. The summed E-state index contributed by atoms with van der Waals surface area (Å²) in [6.07, 6.45) is 0. The first-order valence-electron chi connectivity index (χ1n) is 8.03. The van der Waals surface area contributed by atoms with Crippen LogP contribution in [-0.2, 0) is 11.3 Å². The molecule has 0 aliphatic carbocycles. The predicted molar refractivity (Wildman–Crippen MR) is 99.3 cm³/mol. The topological polar surface area (TPSA) is 59.8 Å². The standard InChI is InChI=1S/C17H23ClN4OS/c1-5-22-16(13-6-8-14(18)9-7-13)20-21-17(22)24-10-15(23)19-12(4)11(2)3/h6-9,11-12H,5,10H2,1-4H3,(H,19,23)/t12-/m1/s1. The summed E-state index contributed by atoms with van der Waals surface area (Å²) < 4.78 is 2.01. The van der Waals surface area contributed by atoms with Crippen molar-refractivity contribution in [2.24, 2.45) is 5.92 Å². The van der Waals surface area contributed by atoms with E-state index in [9.17, 15) is 4.79 Å². The summed E-state index contributed by atoms with van der Waals surface area (Å²) in [6.45, 7) is 8.96. The molecule has 0 saturated heterocycles. The van der Waals surface area contributed by atoms with Crippen molar-refractivity contribution in [3.05, 3.63) is 29.3 Å². The molecule has 0 saturated carbocycles. The van der Waals surface area contributed by atoms with Crippen molar-refractivity contribution in [1.82, 2.24) is 20.1 Å². The average molecular weight is 367 g/mol. The normalized spacial score (nSPS) is 12.4. The fourth-order valence-corrected chi connectivity index (χ4v) is 3.02. The van der Waals surface area contributed by atoms with Crippen molar-refractivity contribution < 1.29 is 4.79 Å². The van der Waals surface area contributed by atoms with Crippen molar-refractivity contribution in [3.8, 4) is 11.4 Å². The molecule has 0 spiro atoms. The summed E-state index contributed by atoms with van der Waals surface area (Å²) in [7, 11) is 0. The van der Waals surface area contributed by atoms with Crippen LogP contribution in [0.15, 0.2) is 29.4 Å². The van der Waals surface area contributed by atoms with Crippen molar-refractivity contribution >= 4 is 29.3 Å². The Bertz CT molecular complexity index is 684. The number of thioether (sulfide) groups is 1. The summed E-state index contributed by atoms with van der Waals surface area (Å²) >= 11 is 7.34. The van der Waals surface area contributed by atoms with Crippen LogP contribution in [0.4, 0.5) is 0 Å². The number of hydrogen-bond acceptors (Lipinski definition) is 4. The summed E-state index contributed by atoms with van der Waals surface area (Å²) in [5.41, 5.74) is 0.957. The molecule has 1 N–H and O–H groups in total. The quantitative estimate of drug-likeness (QED) is 0.755. The highest BCUT2D eigenvalue weighted by Gasteiger charge is 2.16. The number of benzene rings is 1. The van der Waals surface area contributed by atoms with Gasteiger partial charge in [0.1, 0.15) is 0 Å². The molecule has 130 valence electrons. The Morgan fingerprint density at radius 2 is 1.92 bits per heavy atom. The first-order valence-corrected chi connectivity index (χ1v) is 9.40. The number of carbonyl (C=O) groups excluding carboxylic acids is 1. The Labute approximate surface area is 152 Å². The zero-order chi connectivity index (χ0) is 17.7. The van der Waals surface area contributed by atoms with E-state index in [0.29, 0.717) is 16.7 Å². The van der Waals surface area contributed by atoms with Crippen LogP contribution < -0.4 is 5.32 Å². The summed E-state index contributed by atoms with van der Waals surface area (Å²) in [6, 6.07) is 7.67. The van der Waals surface area contributed by atoms with E-state index in [1.807, 2.05) is 42.7 Å². The van der Waals surface area contributed by atoms with Gasteiger partial charge in [0.05, 0.1) is 5.75 Å². The molecule has 2 aromatic rings. The molecule has 0 aliphatic rings. The molecule has 7 heteroatoms. The van der Waals surface area contributed by atoms with Gasteiger partial charge in [0.15, 0.2) is 11.0 Å². The average Bonchev–Trinajstić information content (AvgIpc) is 2.96. The van der Waals surface area contributed by atoms with Crippen molar-refractivity contribution in [1.29, 1.82) is 0 Å². The number of nitrogens with zero attached hydrogens (tertiary/aromatic N) is 3. The molecule has 0 aliphatic heterocycles. The Morgan fingerprint density at radius 1 is 1.25 bits per heavy atom. The minimum absolute atomic E-state index is 0.0138. The largest absolute Gasteiger partial charge is 0.353 e. The first-order chi connectivity index (χ1) is 11.4. The zero-order valence-electron chi connectivity index (χ0n) is 14.4. The lowest BCUT2D eigenvalue weighted by molar-refractivity contribution is -0.119. The monoisotopic (exact) mass is 366 g/mol. The molecule has 1 aromatic carbocycles. The van der Waals surface area contributed by atoms with E-state index < -0.39 is 0 Å². The van der Waals surface area contributed by atoms with Crippen LogP contribution in [0.25, 0.3) is 11.4 Å². The van der Waals surface area contributed by atoms with Crippen LogP contribution >= 0.6 is 23.4 Å². The van der Waals surface area contributed by atoms with Gasteiger partial charge in [-0.25, -0.2) is 0 Å². The first kappa shape index (κ1) is 18.8. The minimum atomic E-state index is 0.0138. The lowest BCUT2D eigenvalue weighted by Crippen LogP contribution is -2.37. The predicted octanol–water partition coefficient (Wildman–Crippen LogP) is 3.87. The molecule has 1 aromatic heterocycles. The second-order valence-electron chi connectivity index (χ2n) is 5.95. The van der Waals surface area contributed by atoms with Crippen LogP contribution in [-0.4, -0.2) is 32.5 Å². The lowest BCUT2D eigenvalue weighted by atomic mass is 10.1. The number of halogens is 1. The van der Waals surface area contributed by atoms with Gasteiger partial charge in [-0.15, -0.1) is 10.2 Å². The van der Waals surface area contributed by atoms with E-state index in [-0.39, 0.29) is 11.9 Å². The second kappa shape index (κ2) is 8.53.